The van der Waals surface area contributed by atoms with Crippen molar-refractivity contribution in [3.05, 3.63) is 46.7 Å². The minimum Gasteiger partial charge on any atom is -0.473 e. The number of aromatic nitrogens is 7. The first-order chi connectivity index (χ1) is 17.0. The first-order valence-corrected chi connectivity index (χ1v) is 12.4. The predicted octanol–water partition coefficient (Wildman–Crippen LogP) is 4.65. The Balaban J connectivity index is 1.63. The van der Waals surface area contributed by atoms with E-state index in [0.29, 0.717) is 11.9 Å². The Labute approximate surface area is 213 Å². The summed E-state index contributed by atoms with van der Waals surface area (Å²) in [6, 6.07) is 2.39. The van der Waals surface area contributed by atoms with Crippen LogP contribution in [0.15, 0.2) is 12.6 Å². The number of rotatable bonds is 9. The minimum absolute atomic E-state index is 0.0712. The molecule has 0 aliphatic rings. The lowest BCUT2D eigenvalue weighted by atomic mass is 10.1. The van der Waals surface area contributed by atoms with Crippen LogP contribution in [-0.2, 0) is 20.6 Å². The molecular weight excluding hydrogens is 452 g/mol. The normalized spacial score (nSPS) is 12.8. The standard InChI is InChI=1S/C27H38N8O/c1-11-22-21-12-23(28-20(8)26(21)30-29-22)25-19(7)32-34(10)27(25)36-16(4)13-35(15(2)3)14-24-17(5)18(6)31-33(24)9/h11-12,15-16H,1,13-14H2,2-10H3,(H,29,30)/t16-/m0/s1. The molecule has 1 atom stereocenters. The summed E-state index contributed by atoms with van der Waals surface area (Å²) in [5, 5.41) is 17.7. The van der Waals surface area contributed by atoms with Crippen molar-refractivity contribution in [3.63, 3.8) is 0 Å². The van der Waals surface area contributed by atoms with Crippen molar-refractivity contribution in [2.45, 2.75) is 67.2 Å². The number of aromatic amines is 1. The molecule has 0 aromatic carbocycles. The lowest BCUT2D eigenvalue weighted by molar-refractivity contribution is 0.110. The van der Waals surface area contributed by atoms with E-state index in [9.17, 15) is 0 Å². The van der Waals surface area contributed by atoms with Gasteiger partial charge in [0.05, 0.1) is 39.7 Å². The molecule has 1 N–H and O–H groups in total. The van der Waals surface area contributed by atoms with E-state index in [1.54, 1.807) is 10.8 Å². The zero-order valence-corrected chi connectivity index (χ0v) is 23.0. The number of pyridine rings is 1. The molecule has 9 nitrogen and oxygen atoms in total. The third kappa shape index (κ3) is 4.67. The molecule has 192 valence electrons. The van der Waals surface area contributed by atoms with Gasteiger partial charge in [-0.15, -0.1) is 0 Å². The van der Waals surface area contributed by atoms with Crippen LogP contribution in [0.1, 0.15) is 54.8 Å². The monoisotopic (exact) mass is 490 g/mol. The molecule has 9 heteroatoms. The third-order valence-electron chi connectivity index (χ3n) is 6.93. The van der Waals surface area contributed by atoms with E-state index in [1.807, 2.05) is 38.7 Å². The van der Waals surface area contributed by atoms with Crippen molar-refractivity contribution in [3.8, 4) is 17.1 Å². The number of ether oxygens (including phenoxy) is 1. The molecule has 36 heavy (non-hydrogen) atoms. The van der Waals surface area contributed by atoms with Crippen LogP contribution in [0.25, 0.3) is 28.2 Å². The van der Waals surface area contributed by atoms with Crippen LogP contribution in [0.4, 0.5) is 0 Å². The average molecular weight is 491 g/mol. The Kier molecular flexibility index (Phi) is 7.04. The summed E-state index contributed by atoms with van der Waals surface area (Å²) in [5.41, 5.74) is 8.72. The van der Waals surface area contributed by atoms with Crippen LogP contribution in [-0.4, -0.2) is 58.3 Å². The number of nitrogens with zero attached hydrogens (tertiary/aromatic N) is 7. The molecule has 0 fully saturated rings. The van der Waals surface area contributed by atoms with Gasteiger partial charge in [-0.25, -0.2) is 4.68 Å². The fourth-order valence-electron chi connectivity index (χ4n) is 4.78. The Morgan fingerprint density at radius 1 is 1.06 bits per heavy atom. The number of nitrogens with one attached hydrogen (secondary N) is 1. The Morgan fingerprint density at radius 2 is 1.75 bits per heavy atom. The predicted molar refractivity (Wildman–Crippen MR) is 144 cm³/mol. The first kappa shape index (κ1) is 25.6. The molecule has 0 amide bonds. The molecule has 0 saturated carbocycles. The average Bonchev–Trinajstić information content (AvgIpc) is 3.42. The summed E-state index contributed by atoms with van der Waals surface area (Å²) in [6.07, 6.45) is 1.71. The van der Waals surface area contributed by atoms with Gasteiger partial charge in [0.25, 0.3) is 0 Å². The van der Waals surface area contributed by atoms with Gasteiger partial charge in [0.2, 0.25) is 5.88 Å². The molecule has 0 aliphatic carbocycles. The maximum absolute atomic E-state index is 6.58. The first-order valence-electron chi connectivity index (χ1n) is 12.4. The van der Waals surface area contributed by atoms with Crippen LogP contribution >= 0.6 is 0 Å². The van der Waals surface area contributed by atoms with Crippen molar-refractivity contribution >= 4 is 17.0 Å². The lowest BCUT2D eigenvalue weighted by Crippen LogP contribution is -2.39. The number of H-pyrrole nitrogens is 1. The van der Waals surface area contributed by atoms with Crippen LogP contribution < -0.4 is 4.74 Å². The van der Waals surface area contributed by atoms with Crippen LogP contribution in [0, 0.1) is 27.7 Å². The molecule has 0 aliphatic heterocycles. The zero-order valence-electron chi connectivity index (χ0n) is 23.0. The SMILES string of the molecule is C=Cc1[nH]nc2c(C)nc(-c3c(C)nn(C)c3O[C@@H](C)CN(Cc3c(C)c(C)nn3C)C(C)C)cc12. The summed E-state index contributed by atoms with van der Waals surface area (Å²) in [5.74, 6) is 0.714. The van der Waals surface area contributed by atoms with E-state index in [4.69, 9.17) is 9.72 Å². The third-order valence-corrected chi connectivity index (χ3v) is 6.93. The highest BCUT2D eigenvalue weighted by atomic mass is 16.5. The number of fused-ring (bicyclic) bond motifs is 1. The number of aryl methyl sites for hydroxylation is 5. The van der Waals surface area contributed by atoms with Gasteiger partial charge in [0.15, 0.2) is 0 Å². The fraction of sp³-hybridized carbons (Fsp3) is 0.481. The second-order valence-electron chi connectivity index (χ2n) is 9.95. The van der Waals surface area contributed by atoms with E-state index in [2.05, 4.69) is 66.5 Å². The van der Waals surface area contributed by atoms with Crippen molar-refractivity contribution < 1.29 is 4.74 Å². The van der Waals surface area contributed by atoms with Crippen molar-refractivity contribution in [2.24, 2.45) is 14.1 Å². The van der Waals surface area contributed by atoms with Crippen LogP contribution in [0.5, 0.6) is 5.88 Å². The zero-order chi connectivity index (χ0) is 26.3. The summed E-state index contributed by atoms with van der Waals surface area (Å²) < 4.78 is 10.4. The number of hydrogen-bond donors (Lipinski definition) is 1. The van der Waals surface area contributed by atoms with E-state index >= 15 is 0 Å². The molecule has 4 aromatic rings. The lowest BCUT2D eigenvalue weighted by Gasteiger charge is -2.30. The quantitative estimate of drug-likeness (QED) is 0.367. The number of hydrogen-bond acceptors (Lipinski definition) is 6. The molecule has 0 radical (unpaired) electrons. The largest absolute Gasteiger partial charge is 0.473 e. The van der Waals surface area contributed by atoms with Gasteiger partial charge in [0.1, 0.15) is 11.6 Å². The van der Waals surface area contributed by atoms with Gasteiger partial charge in [0, 0.05) is 38.6 Å². The molecule has 0 unspecified atom stereocenters. The van der Waals surface area contributed by atoms with Gasteiger partial charge < -0.3 is 4.74 Å². The molecule has 4 rings (SSSR count). The highest BCUT2D eigenvalue weighted by molar-refractivity contribution is 5.91. The van der Waals surface area contributed by atoms with Gasteiger partial charge >= 0.3 is 0 Å². The second-order valence-corrected chi connectivity index (χ2v) is 9.95. The van der Waals surface area contributed by atoms with Crippen molar-refractivity contribution in [2.75, 3.05) is 6.54 Å². The molecule has 4 heterocycles. The van der Waals surface area contributed by atoms with E-state index in [0.717, 1.165) is 58.0 Å². The summed E-state index contributed by atoms with van der Waals surface area (Å²) in [6.45, 7) is 20.2. The van der Waals surface area contributed by atoms with Gasteiger partial charge in [-0.1, -0.05) is 6.58 Å². The van der Waals surface area contributed by atoms with Crippen molar-refractivity contribution in [1.82, 2.24) is 39.6 Å². The highest BCUT2D eigenvalue weighted by Gasteiger charge is 2.24. The topological polar surface area (TPSA) is 89.7 Å². The van der Waals surface area contributed by atoms with Gasteiger partial charge in [-0.05, 0) is 66.2 Å². The van der Waals surface area contributed by atoms with E-state index in [-0.39, 0.29) is 6.10 Å². The Hall–Kier alpha value is -3.46. The van der Waals surface area contributed by atoms with Gasteiger partial charge in [-0.3, -0.25) is 19.7 Å². The van der Waals surface area contributed by atoms with Crippen LogP contribution in [0.3, 0.4) is 0 Å². The molecule has 4 aromatic heterocycles. The molecular formula is C27H38N8O. The van der Waals surface area contributed by atoms with Crippen molar-refractivity contribution in [1.29, 1.82) is 0 Å². The maximum Gasteiger partial charge on any atom is 0.221 e. The summed E-state index contributed by atoms with van der Waals surface area (Å²) >= 11 is 0. The van der Waals surface area contributed by atoms with Gasteiger partial charge in [-0.2, -0.15) is 15.3 Å². The minimum atomic E-state index is -0.0712. The molecule has 0 saturated heterocycles. The van der Waals surface area contributed by atoms with E-state index < -0.39 is 0 Å². The van der Waals surface area contributed by atoms with Crippen LogP contribution in [0.2, 0.25) is 0 Å². The smallest absolute Gasteiger partial charge is 0.221 e. The molecule has 0 bridgehead atoms. The fourth-order valence-corrected chi connectivity index (χ4v) is 4.78. The summed E-state index contributed by atoms with van der Waals surface area (Å²) in [4.78, 5) is 7.28. The highest BCUT2D eigenvalue weighted by Crippen LogP contribution is 2.35. The molecule has 0 spiro atoms. The summed E-state index contributed by atoms with van der Waals surface area (Å²) in [7, 11) is 3.93. The Morgan fingerprint density at radius 3 is 2.36 bits per heavy atom. The second kappa shape index (κ2) is 9.89. The van der Waals surface area contributed by atoms with E-state index in [1.165, 1.54) is 11.3 Å². The maximum atomic E-state index is 6.58. The Bertz CT molecular complexity index is 1410.